The van der Waals surface area contributed by atoms with Crippen LogP contribution in [0.15, 0.2) is 18.2 Å². The molecule has 4 heteroatoms. The molecule has 13 heavy (non-hydrogen) atoms. The zero-order chi connectivity index (χ0) is 9.42. The van der Waals surface area contributed by atoms with Gasteiger partial charge in [0.1, 0.15) is 5.75 Å². The van der Waals surface area contributed by atoms with Crippen molar-refractivity contribution in [2.24, 2.45) is 0 Å². The lowest BCUT2D eigenvalue weighted by Crippen LogP contribution is -1.93. The highest BCUT2D eigenvalue weighted by Crippen LogP contribution is 2.45. The van der Waals surface area contributed by atoms with E-state index in [-0.39, 0.29) is 17.4 Å². The summed E-state index contributed by atoms with van der Waals surface area (Å²) in [5.74, 6) is 0.389. The van der Waals surface area contributed by atoms with E-state index in [2.05, 4.69) is 0 Å². The number of hydrogen-bond acceptors (Lipinski definition) is 3. The summed E-state index contributed by atoms with van der Waals surface area (Å²) in [7, 11) is 0. The molecule has 0 radical (unpaired) electrons. The third-order valence-electron chi connectivity index (χ3n) is 2.22. The van der Waals surface area contributed by atoms with Gasteiger partial charge in [-0.1, -0.05) is 0 Å². The predicted octanol–water partition coefficient (Wildman–Crippen LogP) is 2.18. The number of nitro benzene ring substituents is 1. The minimum Gasteiger partial charge on any atom is -0.508 e. The van der Waals surface area contributed by atoms with Crippen molar-refractivity contribution in [3.8, 4) is 5.75 Å². The summed E-state index contributed by atoms with van der Waals surface area (Å²) in [6.45, 7) is 0. The van der Waals surface area contributed by atoms with E-state index in [0.29, 0.717) is 5.56 Å². The van der Waals surface area contributed by atoms with Gasteiger partial charge in [0.25, 0.3) is 5.69 Å². The molecular formula is C9H9NO3. The Hall–Kier alpha value is -1.58. The molecule has 0 unspecified atom stereocenters. The molecule has 4 nitrogen and oxygen atoms in total. The molecule has 2 rings (SSSR count). The molecule has 1 N–H and O–H groups in total. The van der Waals surface area contributed by atoms with Gasteiger partial charge in [0.05, 0.1) is 4.92 Å². The first-order valence-corrected chi connectivity index (χ1v) is 4.16. The van der Waals surface area contributed by atoms with Gasteiger partial charge in [-0.3, -0.25) is 10.1 Å². The van der Waals surface area contributed by atoms with E-state index in [9.17, 15) is 15.2 Å². The number of nitrogens with zero attached hydrogens (tertiary/aromatic N) is 1. The van der Waals surface area contributed by atoms with Crippen molar-refractivity contribution in [1.82, 2.24) is 0 Å². The predicted molar refractivity (Wildman–Crippen MR) is 46.7 cm³/mol. The minimum atomic E-state index is -0.396. The quantitative estimate of drug-likeness (QED) is 0.559. The Balaban J connectivity index is 2.47. The Bertz CT molecular complexity index is 358. The molecule has 0 aromatic heterocycles. The Morgan fingerprint density at radius 3 is 2.69 bits per heavy atom. The highest BCUT2D eigenvalue weighted by Gasteiger charge is 2.30. The number of benzene rings is 1. The van der Waals surface area contributed by atoms with Crippen molar-refractivity contribution in [2.45, 2.75) is 18.8 Å². The normalized spacial score (nSPS) is 15.7. The average Bonchev–Trinajstić information content (AvgIpc) is 2.85. The van der Waals surface area contributed by atoms with Crippen molar-refractivity contribution in [1.29, 1.82) is 0 Å². The van der Waals surface area contributed by atoms with Crippen LogP contribution in [0.5, 0.6) is 5.75 Å². The molecule has 0 saturated heterocycles. The molecule has 1 aliphatic carbocycles. The summed E-state index contributed by atoms with van der Waals surface area (Å²) in [5, 5.41) is 19.8. The van der Waals surface area contributed by atoms with Gasteiger partial charge < -0.3 is 5.11 Å². The second-order valence-corrected chi connectivity index (χ2v) is 3.27. The van der Waals surface area contributed by atoms with Crippen molar-refractivity contribution in [3.63, 3.8) is 0 Å². The fourth-order valence-electron chi connectivity index (χ4n) is 1.43. The molecule has 1 aromatic carbocycles. The van der Waals surface area contributed by atoms with Crippen LogP contribution >= 0.6 is 0 Å². The summed E-state index contributed by atoms with van der Waals surface area (Å²) in [4.78, 5) is 10.2. The van der Waals surface area contributed by atoms with Crippen LogP contribution in [0, 0.1) is 10.1 Å². The van der Waals surface area contributed by atoms with E-state index in [0.717, 1.165) is 12.8 Å². The monoisotopic (exact) mass is 179 g/mol. The van der Waals surface area contributed by atoms with E-state index >= 15 is 0 Å². The lowest BCUT2D eigenvalue weighted by atomic mass is 10.1. The number of nitro groups is 1. The number of hydrogen-bond donors (Lipinski definition) is 1. The summed E-state index contributed by atoms with van der Waals surface area (Å²) in [5.41, 5.74) is 0.797. The number of aromatic hydroxyl groups is 1. The van der Waals surface area contributed by atoms with Crippen LogP contribution < -0.4 is 0 Å². The smallest absolute Gasteiger partial charge is 0.273 e. The Kier molecular flexibility index (Phi) is 1.69. The van der Waals surface area contributed by atoms with Gasteiger partial charge in [0, 0.05) is 11.6 Å². The van der Waals surface area contributed by atoms with Crippen LogP contribution in [-0.2, 0) is 0 Å². The summed E-state index contributed by atoms with van der Waals surface area (Å²) >= 11 is 0. The van der Waals surface area contributed by atoms with Crippen molar-refractivity contribution in [3.05, 3.63) is 33.9 Å². The molecule has 1 aromatic rings. The molecule has 0 bridgehead atoms. The van der Waals surface area contributed by atoms with E-state index < -0.39 is 4.92 Å². The van der Waals surface area contributed by atoms with Crippen LogP contribution in [0.3, 0.4) is 0 Å². The van der Waals surface area contributed by atoms with Gasteiger partial charge in [-0.25, -0.2) is 0 Å². The summed E-state index contributed by atoms with van der Waals surface area (Å²) < 4.78 is 0. The van der Waals surface area contributed by atoms with E-state index in [1.54, 1.807) is 0 Å². The van der Waals surface area contributed by atoms with Crippen molar-refractivity contribution >= 4 is 5.69 Å². The van der Waals surface area contributed by atoms with Gasteiger partial charge in [-0.15, -0.1) is 0 Å². The zero-order valence-corrected chi connectivity index (χ0v) is 6.93. The molecule has 68 valence electrons. The van der Waals surface area contributed by atoms with Crippen LogP contribution in [0.4, 0.5) is 5.69 Å². The number of phenols is 1. The van der Waals surface area contributed by atoms with Gasteiger partial charge >= 0.3 is 0 Å². The van der Waals surface area contributed by atoms with E-state index in [4.69, 9.17) is 0 Å². The molecular weight excluding hydrogens is 170 g/mol. The second-order valence-electron chi connectivity index (χ2n) is 3.27. The van der Waals surface area contributed by atoms with Crippen LogP contribution in [0.25, 0.3) is 0 Å². The first-order chi connectivity index (χ1) is 6.18. The van der Waals surface area contributed by atoms with Gasteiger partial charge in [0.15, 0.2) is 0 Å². The third kappa shape index (κ3) is 1.47. The SMILES string of the molecule is O=[N+]([O-])c1ccc(O)cc1C1CC1. The first kappa shape index (κ1) is 8.04. The molecule has 0 spiro atoms. The summed E-state index contributed by atoms with van der Waals surface area (Å²) in [6.07, 6.45) is 1.98. The van der Waals surface area contributed by atoms with Crippen LogP contribution in [0.2, 0.25) is 0 Å². The molecule has 1 fully saturated rings. The fraction of sp³-hybridized carbons (Fsp3) is 0.333. The Morgan fingerprint density at radius 1 is 1.46 bits per heavy atom. The molecule has 0 atom stereocenters. The largest absolute Gasteiger partial charge is 0.508 e. The molecule has 1 aliphatic rings. The van der Waals surface area contributed by atoms with Gasteiger partial charge in [-0.2, -0.15) is 0 Å². The van der Waals surface area contributed by atoms with Gasteiger partial charge in [-0.05, 0) is 30.9 Å². The second kappa shape index (κ2) is 2.73. The Labute approximate surface area is 75.0 Å². The molecule has 0 aliphatic heterocycles. The first-order valence-electron chi connectivity index (χ1n) is 4.16. The van der Waals surface area contributed by atoms with Crippen LogP contribution in [-0.4, -0.2) is 10.0 Å². The standard InChI is InChI=1S/C9H9NO3/c11-7-3-4-9(10(12)13)8(5-7)6-1-2-6/h3-6,11H,1-2H2. The van der Waals surface area contributed by atoms with E-state index in [1.165, 1.54) is 18.2 Å². The number of phenolic OH excluding ortho intramolecular Hbond substituents is 1. The summed E-state index contributed by atoms with van der Waals surface area (Å²) in [6, 6.07) is 4.21. The number of rotatable bonds is 2. The van der Waals surface area contributed by atoms with Crippen molar-refractivity contribution < 1.29 is 10.0 Å². The minimum absolute atomic E-state index is 0.104. The Morgan fingerprint density at radius 2 is 2.15 bits per heavy atom. The average molecular weight is 179 g/mol. The maximum Gasteiger partial charge on any atom is 0.273 e. The molecule has 0 amide bonds. The van der Waals surface area contributed by atoms with Crippen molar-refractivity contribution in [2.75, 3.05) is 0 Å². The highest BCUT2D eigenvalue weighted by molar-refractivity contribution is 5.48. The van der Waals surface area contributed by atoms with E-state index in [1.807, 2.05) is 0 Å². The highest BCUT2D eigenvalue weighted by atomic mass is 16.6. The van der Waals surface area contributed by atoms with Crippen LogP contribution in [0.1, 0.15) is 24.3 Å². The third-order valence-corrected chi connectivity index (χ3v) is 2.22. The topological polar surface area (TPSA) is 63.4 Å². The molecule has 0 heterocycles. The lowest BCUT2D eigenvalue weighted by Gasteiger charge is -2.00. The lowest BCUT2D eigenvalue weighted by molar-refractivity contribution is -0.385. The maximum atomic E-state index is 10.6. The maximum absolute atomic E-state index is 10.6. The zero-order valence-electron chi connectivity index (χ0n) is 6.93. The fourth-order valence-corrected chi connectivity index (χ4v) is 1.43. The van der Waals surface area contributed by atoms with Gasteiger partial charge in [0.2, 0.25) is 0 Å². The molecule has 1 saturated carbocycles.